The smallest absolute Gasteiger partial charge is 0.0147 e. The highest BCUT2D eigenvalue weighted by molar-refractivity contribution is 5.87. The fourth-order valence-electron chi connectivity index (χ4n) is 4.14. The summed E-state index contributed by atoms with van der Waals surface area (Å²) in [5, 5.41) is 2.85. The van der Waals surface area contributed by atoms with Crippen molar-refractivity contribution in [3.8, 4) is 0 Å². The van der Waals surface area contributed by atoms with Crippen LogP contribution in [-0.2, 0) is 0 Å². The Morgan fingerprint density at radius 2 is 1.32 bits per heavy atom. The number of rotatable bonds is 12. The van der Waals surface area contributed by atoms with Gasteiger partial charge in [0.2, 0.25) is 0 Å². The number of unbranched alkanes of at least 4 members (excludes halogenated alkanes) is 9. The van der Waals surface area contributed by atoms with Gasteiger partial charge in [0.25, 0.3) is 0 Å². The molecule has 0 spiro atoms. The summed E-state index contributed by atoms with van der Waals surface area (Å²) < 4.78 is 0. The van der Waals surface area contributed by atoms with Gasteiger partial charge in [-0.1, -0.05) is 114 Å². The predicted molar refractivity (Wildman–Crippen MR) is 114 cm³/mol. The Morgan fingerprint density at radius 1 is 0.720 bits per heavy atom. The fraction of sp³-hybridized carbons (Fsp3) is 0.600. The highest BCUT2D eigenvalue weighted by atomic mass is 14.2. The van der Waals surface area contributed by atoms with Crippen molar-refractivity contribution in [2.24, 2.45) is 0 Å². The van der Waals surface area contributed by atoms with E-state index in [4.69, 9.17) is 0 Å². The molecule has 0 aliphatic carbocycles. The second-order valence-corrected chi connectivity index (χ2v) is 7.89. The van der Waals surface area contributed by atoms with E-state index in [0.717, 1.165) is 0 Å². The van der Waals surface area contributed by atoms with E-state index in [2.05, 4.69) is 57.2 Å². The molecule has 0 fully saturated rings. The van der Waals surface area contributed by atoms with E-state index in [-0.39, 0.29) is 0 Å². The van der Waals surface area contributed by atoms with Gasteiger partial charge in [-0.25, -0.2) is 0 Å². The van der Waals surface area contributed by atoms with E-state index >= 15 is 0 Å². The summed E-state index contributed by atoms with van der Waals surface area (Å²) in [6.07, 6.45) is 15.5. The maximum Gasteiger partial charge on any atom is -0.0147 e. The van der Waals surface area contributed by atoms with E-state index < -0.39 is 0 Å². The van der Waals surface area contributed by atoms with Gasteiger partial charge < -0.3 is 0 Å². The van der Waals surface area contributed by atoms with Crippen molar-refractivity contribution in [2.75, 3.05) is 0 Å². The molecule has 2 aromatic rings. The van der Waals surface area contributed by atoms with Crippen LogP contribution in [0.1, 0.15) is 102 Å². The zero-order valence-electron chi connectivity index (χ0n) is 16.8. The Morgan fingerprint density at radius 3 is 2.00 bits per heavy atom. The van der Waals surface area contributed by atoms with Crippen molar-refractivity contribution in [2.45, 2.75) is 97.3 Å². The van der Waals surface area contributed by atoms with Gasteiger partial charge in [-0.05, 0) is 41.2 Å². The molecule has 0 N–H and O–H groups in total. The average molecular weight is 339 g/mol. The molecule has 0 aliphatic rings. The van der Waals surface area contributed by atoms with Crippen LogP contribution in [0.15, 0.2) is 36.4 Å². The van der Waals surface area contributed by atoms with Crippen LogP contribution in [0.3, 0.4) is 0 Å². The molecule has 0 aliphatic heterocycles. The fourth-order valence-corrected chi connectivity index (χ4v) is 4.14. The van der Waals surface area contributed by atoms with Gasteiger partial charge in [0.05, 0.1) is 0 Å². The zero-order chi connectivity index (χ0) is 17.9. The van der Waals surface area contributed by atoms with Gasteiger partial charge in [0, 0.05) is 0 Å². The molecule has 0 bridgehead atoms. The van der Waals surface area contributed by atoms with E-state index in [1.165, 1.54) is 87.0 Å². The van der Waals surface area contributed by atoms with Crippen LogP contribution in [-0.4, -0.2) is 0 Å². The third-order valence-corrected chi connectivity index (χ3v) is 5.67. The Kier molecular flexibility index (Phi) is 9.08. The minimum atomic E-state index is 0.667. The summed E-state index contributed by atoms with van der Waals surface area (Å²) in [6.45, 7) is 6.99. The van der Waals surface area contributed by atoms with E-state index in [0.29, 0.717) is 5.92 Å². The van der Waals surface area contributed by atoms with Gasteiger partial charge >= 0.3 is 0 Å². The number of fused-ring (bicyclic) bond motifs is 1. The van der Waals surface area contributed by atoms with Gasteiger partial charge in [0.15, 0.2) is 0 Å². The van der Waals surface area contributed by atoms with E-state index in [1.807, 2.05) is 0 Å². The number of hydrogen-bond acceptors (Lipinski definition) is 0. The number of benzene rings is 2. The van der Waals surface area contributed by atoms with Crippen LogP contribution in [0.2, 0.25) is 0 Å². The molecule has 0 heterocycles. The molecule has 2 aromatic carbocycles. The third kappa shape index (κ3) is 6.49. The Bertz CT molecular complexity index is 610. The van der Waals surface area contributed by atoms with Crippen molar-refractivity contribution >= 4 is 10.8 Å². The molecule has 0 nitrogen and oxygen atoms in total. The van der Waals surface area contributed by atoms with Crippen LogP contribution < -0.4 is 0 Å². The highest BCUT2D eigenvalue weighted by Gasteiger charge is 2.12. The Labute approximate surface area is 156 Å². The van der Waals surface area contributed by atoms with Gasteiger partial charge in [-0.3, -0.25) is 0 Å². The minimum absolute atomic E-state index is 0.667. The van der Waals surface area contributed by atoms with E-state index in [9.17, 15) is 0 Å². The monoisotopic (exact) mass is 338 g/mol. The number of aryl methyl sites for hydroxylation is 1. The minimum Gasteiger partial charge on any atom is -0.0654 e. The second kappa shape index (κ2) is 11.3. The van der Waals surface area contributed by atoms with Crippen molar-refractivity contribution in [3.63, 3.8) is 0 Å². The first-order valence-corrected chi connectivity index (χ1v) is 10.7. The van der Waals surface area contributed by atoms with Crippen LogP contribution in [0.4, 0.5) is 0 Å². The average Bonchev–Trinajstić information content (AvgIpc) is 2.63. The molecule has 0 radical (unpaired) electrons. The molecule has 138 valence electrons. The van der Waals surface area contributed by atoms with E-state index in [1.54, 1.807) is 5.56 Å². The first-order chi connectivity index (χ1) is 12.2. The lowest BCUT2D eigenvalue weighted by molar-refractivity contribution is 0.535. The summed E-state index contributed by atoms with van der Waals surface area (Å²) >= 11 is 0. The molecule has 0 aromatic heterocycles. The second-order valence-electron chi connectivity index (χ2n) is 7.89. The molecule has 25 heavy (non-hydrogen) atoms. The zero-order valence-corrected chi connectivity index (χ0v) is 16.8. The lowest BCUT2D eigenvalue weighted by Gasteiger charge is -2.17. The largest absolute Gasteiger partial charge is 0.0654 e. The molecule has 1 atom stereocenters. The summed E-state index contributed by atoms with van der Waals surface area (Å²) in [4.78, 5) is 0. The van der Waals surface area contributed by atoms with Crippen molar-refractivity contribution in [3.05, 3.63) is 47.5 Å². The third-order valence-electron chi connectivity index (χ3n) is 5.67. The molecule has 0 saturated carbocycles. The number of hydrogen-bond donors (Lipinski definition) is 0. The highest BCUT2D eigenvalue weighted by Crippen LogP contribution is 2.32. The molecule has 0 amide bonds. The molecule has 0 saturated heterocycles. The Hall–Kier alpha value is -1.30. The normalized spacial score (nSPS) is 12.6. The SMILES string of the molecule is CCCCCCCCCCCCC(C)c1c(C)ccc2ccccc12. The molecule has 1 unspecified atom stereocenters. The summed E-state index contributed by atoms with van der Waals surface area (Å²) in [7, 11) is 0. The van der Waals surface area contributed by atoms with Crippen molar-refractivity contribution in [1.29, 1.82) is 0 Å². The van der Waals surface area contributed by atoms with Crippen molar-refractivity contribution < 1.29 is 0 Å². The standard InChI is InChI=1S/C25H38/c1-4-5-6-7-8-9-10-11-12-13-16-21(2)25-22(3)19-20-23-17-14-15-18-24(23)25/h14-15,17-21H,4-13,16H2,1-3H3. The van der Waals surface area contributed by atoms with Gasteiger partial charge in [0.1, 0.15) is 0 Å². The molecule has 2 rings (SSSR count). The summed E-state index contributed by atoms with van der Waals surface area (Å²) in [5.41, 5.74) is 3.03. The molecular weight excluding hydrogens is 300 g/mol. The van der Waals surface area contributed by atoms with Crippen LogP contribution in [0.25, 0.3) is 10.8 Å². The Balaban J connectivity index is 1.69. The first-order valence-electron chi connectivity index (χ1n) is 10.7. The lowest BCUT2D eigenvalue weighted by Crippen LogP contribution is -1.98. The maximum absolute atomic E-state index is 2.42. The van der Waals surface area contributed by atoms with Gasteiger partial charge in [-0.15, -0.1) is 0 Å². The molecular formula is C25H38. The first kappa shape index (κ1) is 20.0. The lowest BCUT2D eigenvalue weighted by atomic mass is 9.87. The molecule has 0 heteroatoms. The maximum atomic E-state index is 2.42. The van der Waals surface area contributed by atoms with Crippen molar-refractivity contribution in [1.82, 2.24) is 0 Å². The van der Waals surface area contributed by atoms with Crippen LogP contribution >= 0.6 is 0 Å². The summed E-state index contributed by atoms with van der Waals surface area (Å²) in [5.74, 6) is 0.667. The van der Waals surface area contributed by atoms with Gasteiger partial charge in [-0.2, -0.15) is 0 Å². The van der Waals surface area contributed by atoms with Crippen LogP contribution in [0, 0.1) is 6.92 Å². The quantitative estimate of drug-likeness (QED) is 0.340. The van der Waals surface area contributed by atoms with Crippen LogP contribution in [0.5, 0.6) is 0 Å². The predicted octanol–water partition coefficient (Wildman–Crippen LogP) is 8.56. The topological polar surface area (TPSA) is 0 Å². The summed E-state index contributed by atoms with van der Waals surface area (Å²) in [6, 6.07) is 13.4.